The molecule has 1 fully saturated rings. The summed E-state index contributed by atoms with van der Waals surface area (Å²) in [4.78, 5) is 6.95. The maximum absolute atomic E-state index is 5.33. The minimum absolute atomic E-state index is 0.492. The molecule has 0 spiro atoms. The van der Waals surface area contributed by atoms with Gasteiger partial charge in [0.15, 0.2) is 0 Å². The first-order chi connectivity index (χ1) is 8.27. The molecule has 1 aliphatic heterocycles. The monoisotopic (exact) mass is 236 g/mol. The molecule has 0 amide bonds. The highest BCUT2D eigenvalue weighted by atomic mass is 16.5. The molecule has 0 N–H and O–H groups in total. The molecule has 96 valence electrons. The van der Waals surface area contributed by atoms with Gasteiger partial charge in [-0.15, -0.1) is 0 Å². The molecule has 3 heteroatoms. The van der Waals surface area contributed by atoms with E-state index in [1.54, 1.807) is 0 Å². The van der Waals surface area contributed by atoms with Crippen molar-refractivity contribution in [3.05, 3.63) is 23.9 Å². The Hall–Kier alpha value is -1.09. The van der Waals surface area contributed by atoms with Gasteiger partial charge in [0.1, 0.15) is 5.82 Å². The highest BCUT2D eigenvalue weighted by molar-refractivity contribution is 5.40. The summed E-state index contributed by atoms with van der Waals surface area (Å²) in [5, 5.41) is 0. The van der Waals surface area contributed by atoms with E-state index in [1.165, 1.54) is 5.69 Å². The van der Waals surface area contributed by atoms with Gasteiger partial charge in [0.05, 0.1) is 13.2 Å². The SMILES string of the molecule is CC.CC(C)c1cccc(N2CCOCC2)n1. The van der Waals surface area contributed by atoms with E-state index in [9.17, 15) is 0 Å². The van der Waals surface area contributed by atoms with Gasteiger partial charge in [-0.2, -0.15) is 0 Å². The molecule has 0 atom stereocenters. The Balaban J connectivity index is 0.000000686. The van der Waals surface area contributed by atoms with E-state index in [0.29, 0.717) is 5.92 Å². The van der Waals surface area contributed by atoms with Crippen molar-refractivity contribution in [2.75, 3.05) is 31.2 Å². The van der Waals surface area contributed by atoms with Crippen LogP contribution in [0.1, 0.15) is 39.3 Å². The lowest BCUT2D eigenvalue weighted by Gasteiger charge is -2.28. The van der Waals surface area contributed by atoms with Crippen LogP contribution in [0, 0.1) is 0 Å². The zero-order chi connectivity index (χ0) is 12.7. The van der Waals surface area contributed by atoms with Crippen molar-refractivity contribution in [1.29, 1.82) is 0 Å². The lowest BCUT2D eigenvalue weighted by molar-refractivity contribution is 0.122. The summed E-state index contributed by atoms with van der Waals surface area (Å²) in [6.07, 6.45) is 0. The number of hydrogen-bond donors (Lipinski definition) is 0. The van der Waals surface area contributed by atoms with E-state index in [1.807, 2.05) is 13.8 Å². The average molecular weight is 236 g/mol. The number of hydrogen-bond acceptors (Lipinski definition) is 3. The predicted octanol–water partition coefficient (Wildman–Crippen LogP) is 3.07. The second-order valence-corrected chi connectivity index (χ2v) is 4.17. The molecule has 0 radical (unpaired) electrons. The van der Waals surface area contributed by atoms with Gasteiger partial charge in [-0.05, 0) is 18.1 Å². The van der Waals surface area contributed by atoms with Gasteiger partial charge in [-0.25, -0.2) is 4.98 Å². The average Bonchev–Trinajstić information content (AvgIpc) is 2.42. The van der Waals surface area contributed by atoms with E-state index in [0.717, 1.165) is 32.1 Å². The summed E-state index contributed by atoms with van der Waals surface area (Å²) in [7, 11) is 0. The number of rotatable bonds is 2. The van der Waals surface area contributed by atoms with Crippen LogP contribution in [0.25, 0.3) is 0 Å². The van der Waals surface area contributed by atoms with Crippen LogP contribution in [0.15, 0.2) is 18.2 Å². The first-order valence-electron chi connectivity index (χ1n) is 6.57. The maximum Gasteiger partial charge on any atom is 0.128 e. The number of anilines is 1. The van der Waals surface area contributed by atoms with Gasteiger partial charge >= 0.3 is 0 Å². The Morgan fingerprint density at radius 3 is 2.41 bits per heavy atom. The molecule has 2 rings (SSSR count). The van der Waals surface area contributed by atoms with Gasteiger partial charge in [0.25, 0.3) is 0 Å². The molecule has 1 aromatic rings. The van der Waals surface area contributed by atoms with Crippen LogP contribution in [0.3, 0.4) is 0 Å². The summed E-state index contributed by atoms with van der Waals surface area (Å²) >= 11 is 0. The van der Waals surface area contributed by atoms with Crippen molar-refractivity contribution in [1.82, 2.24) is 4.98 Å². The first-order valence-corrected chi connectivity index (χ1v) is 6.57. The largest absolute Gasteiger partial charge is 0.378 e. The number of nitrogens with zero attached hydrogens (tertiary/aromatic N) is 2. The van der Waals surface area contributed by atoms with Crippen molar-refractivity contribution < 1.29 is 4.74 Å². The van der Waals surface area contributed by atoms with Crippen LogP contribution >= 0.6 is 0 Å². The molecular formula is C14H24N2O. The summed E-state index contributed by atoms with van der Waals surface area (Å²) in [6.45, 7) is 11.9. The lowest BCUT2D eigenvalue weighted by Crippen LogP contribution is -2.36. The minimum Gasteiger partial charge on any atom is -0.378 e. The second-order valence-electron chi connectivity index (χ2n) is 4.17. The number of morpholine rings is 1. The topological polar surface area (TPSA) is 25.4 Å². The van der Waals surface area contributed by atoms with Gasteiger partial charge in [-0.1, -0.05) is 33.8 Å². The fraction of sp³-hybridized carbons (Fsp3) is 0.643. The summed E-state index contributed by atoms with van der Waals surface area (Å²) < 4.78 is 5.33. The van der Waals surface area contributed by atoms with Crippen molar-refractivity contribution in [2.24, 2.45) is 0 Å². The van der Waals surface area contributed by atoms with Gasteiger partial charge in [-0.3, -0.25) is 0 Å². The highest BCUT2D eigenvalue weighted by Gasteiger charge is 2.12. The zero-order valence-corrected chi connectivity index (χ0v) is 11.4. The molecule has 17 heavy (non-hydrogen) atoms. The van der Waals surface area contributed by atoms with E-state index < -0.39 is 0 Å². The first kappa shape index (κ1) is 14.0. The highest BCUT2D eigenvalue weighted by Crippen LogP contribution is 2.17. The lowest BCUT2D eigenvalue weighted by atomic mass is 10.1. The van der Waals surface area contributed by atoms with Crippen molar-refractivity contribution >= 4 is 5.82 Å². The standard InChI is InChI=1S/C12H18N2O.C2H6/c1-10(2)11-4-3-5-12(13-11)14-6-8-15-9-7-14;1-2/h3-5,10H,6-9H2,1-2H3;1-2H3. The number of ether oxygens (including phenoxy) is 1. The fourth-order valence-corrected chi connectivity index (χ4v) is 1.73. The minimum atomic E-state index is 0.492. The molecule has 1 aliphatic rings. The Morgan fingerprint density at radius 1 is 1.18 bits per heavy atom. The summed E-state index contributed by atoms with van der Waals surface area (Å²) in [6, 6.07) is 6.26. The molecular weight excluding hydrogens is 212 g/mol. The normalized spacial score (nSPS) is 15.5. The van der Waals surface area contributed by atoms with Crippen LogP contribution < -0.4 is 4.90 Å². The molecule has 0 bridgehead atoms. The smallest absolute Gasteiger partial charge is 0.128 e. The molecule has 1 saturated heterocycles. The van der Waals surface area contributed by atoms with Crippen LogP contribution in [0.5, 0.6) is 0 Å². The quantitative estimate of drug-likeness (QED) is 0.789. The van der Waals surface area contributed by atoms with Crippen molar-refractivity contribution in [3.63, 3.8) is 0 Å². The van der Waals surface area contributed by atoms with E-state index >= 15 is 0 Å². The third-order valence-electron chi connectivity index (χ3n) is 2.68. The molecule has 0 aliphatic carbocycles. The third kappa shape index (κ3) is 4.00. The summed E-state index contributed by atoms with van der Waals surface area (Å²) in [5.74, 6) is 1.58. The van der Waals surface area contributed by atoms with Crippen molar-refractivity contribution in [2.45, 2.75) is 33.6 Å². The Labute approximate surface area is 105 Å². The van der Waals surface area contributed by atoms with E-state index in [2.05, 4.69) is 41.9 Å². The maximum atomic E-state index is 5.33. The summed E-state index contributed by atoms with van der Waals surface area (Å²) in [5.41, 5.74) is 1.17. The molecule has 1 aromatic heterocycles. The molecule has 3 nitrogen and oxygen atoms in total. The molecule has 0 aromatic carbocycles. The molecule has 0 saturated carbocycles. The Morgan fingerprint density at radius 2 is 1.82 bits per heavy atom. The third-order valence-corrected chi connectivity index (χ3v) is 2.68. The molecule has 0 unspecified atom stereocenters. The van der Waals surface area contributed by atoms with Crippen LogP contribution in [0.2, 0.25) is 0 Å². The Kier molecular flexibility index (Phi) is 5.98. The molecule has 2 heterocycles. The van der Waals surface area contributed by atoms with Gasteiger partial charge in [0, 0.05) is 18.8 Å². The number of pyridine rings is 1. The van der Waals surface area contributed by atoms with Crippen LogP contribution in [-0.2, 0) is 4.74 Å². The van der Waals surface area contributed by atoms with E-state index in [4.69, 9.17) is 4.74 Å². The van der Waals surface area contributed by atoms with E-state index in [-0.39, 0.29) is 0 Å². The predicted molar refractivity (Wildman–Crippen MR) is 72.7 cm³/mol. The fourth-order valence-electron chi connectivity index (χ4n) is 1.73. The van der Waals surface area contributed by atoms with Gasteiger partial charge < -0.3 is 9.64 Å². The number of aromatic nitrogens is 1. The van der Waals surface area contributed by atoms with Gasteiger partial charge in [0.2, 0.25) is 0 Å². The van der Waals surface area contributed by atoms with Crippen LogP contribution in [0.4, 0.5) is 5.82 Å². The zero-order valence-electron chi connectivity index (χ0n) is 11.4. The van der Waals surface area contributed by atoms with Crippen molar-refractivity contribution in [3.8, 4) is 0 Å². The second kappa shape index (κ2) is 7.28. The Bertz CT molecular complexity index is 320. The van der Waals surface area contributed by atoms with Crippen LogP contribution in [-0.4, -0.2) is 31.3 Å².